The molecule has 0 saturated carbocycles. The number of rotatable bonds is 9. The summed E-state index contributed by atoms with van der Waals surface area (Å²) in [7, 11) is 1.62. The fourth-order valence-corrected chi connectivity index (χ4v) is 3.87. The quantitative estimate of drug-likeness (QED) is 0.388. The number of nitrogens with one attached hydrogen (secondary N) is 1. The minimum Gasteiger partial charge on any atom is -0.497 e. The molecule has 6 nitrogen and oxygen atoms in total. The highest BCUT2D eigenvalue weighted by atomic mass is 32.2. The molecule has 0 bridgehead atoms. The Balaban J connectivity index is 1.73. The predicted octanol–water partition coefficient (Wildman–Crippen LogP) is 4.64. The number of nitrogens with zero attached hydrogens (tertiary/aromatic N) is 3. The van der Waals surface area contributed by atoms with Crippen molar-refractivity contribution in [1.29, 1.82) is 0 Å². The molecule has 162 valence electrons. The fraction of sp³-hybridized carbons (Fsp3) is 0.261. The Morgan fingerprint density at radius 3 is 2.48 bits per heavy atom. The van der Waals surface area contributed by atoms with Crippen LogP contribution in [0.4, 0.5) is 4.39 Å². The van der Waals surface area contributed by atoms with Crippen LogP contribution >= 0.6 is 11.8 Å². The number of thioether (sulfide) groups is 1. The summed E-state index contributed by atoms with van der Waals surface area (Å²) in [5, 5.41) is 11.8. The van der Waals surface area contributed by atoms with Gasteiger partial charge in [-0.05, 0) is 55.8 Å². The number of benzene rings is 2. The molecule has 0 fully saturated rings. The number of hydrogen-bond donors (Lipinski definition) is 1. The molecule has 2 unspecified atom stereocenters. The van der Waals surface area contributed by atoms with Crippen LogP contribution in [0, 0.1) is 5.82 Å². The lowest BCUT2D eigenvalue weighted by Gasteiger charge is -2.18. The summed E-state index contributed by atoms with van der Waals surface area (Å²) < 4.78 is 20.3. The molecule has 3 aromatic rings. The summed E-state index contributed by atoms with van der Waals surface area (Å²) in [6.07, 6.45) is 1.77. The van der Waals surface area contributed by atoms with Crippen molar-refractivity contribution in [2.24, 2.45) is 0 Å². The van der Waals surface area contributed by atoms with E-state index in [-0.39, 0.29) is 17.8 Å². The van der Waals surface area contributed by atoms with Gasteiger partial charge in [0, 0.05) is 12.1 Å². The Bertz CT molecular complexity index is 1030. The number of aromatic nitrogens is 3. The van der Waals surface area contributed by atoms with E-state index in [0.717, 1.165) is 16.9 Å². The van der Waals surface area contributed by atoms with Gasteiger partial charge in [0.15, 0.2) is 11.0 Å². The molecule has 1 N–H and O–H groups in total. The van der Waals surface area contributed by atoms with Crippen LogP contribution in [0.5, 0.6) is 5.75 Å². The zero-order chi connectivity index (χ0) is 22.4. The Morgan fingerprint density at radius 2 is 1.87 bits per heavy atom. The van der Waals surface area contributed by atoms with E-state index in [1.54, 1.807) is 25.3 Å². The number of amides is 1. The number of carbonyl (C=O) groups is 1. The molecular formula is C23H25FN4O2S. The summed E-state index contributed by atoms with van der Waals surface area (Å²) in [6.45, 7) is 8.01. The molecule has 1 heterocycles. The lowest BCUT2D eigenvalue weighted by molar-refractivity contribution is -0.120. The second-order valence-corrected chi connectivity index (χ2v) is 8.28. The van der Waals surface area contributed by atoms with Crippen molar-refractivity contribution in [1.82, 2.24) is 20.1 Å². The van der Waals surface area contributed by atoms with Crippen LogP contribution < -0.4 is 10.1 Å². The van der Waals surface area contributed by atoms with Crippen molar-refractivity contribution in [2.45, 2.75) is 36.8 Å². The highest BCUT2D eigenvalue weighted by Gasteiger charge is 2.22. The average Bonchev–Trinajstić information content (AvgIpc) is 3.16. The van der Waals surface area contributed by atoms with Crippen LogP contribution in [-0.2, 0) is 11.3 Å². The molecule has 0 aliphatic rings. The molecule has 0 spiro atoms. The first-order valence-electron chi connectivity index (χ1n) is 9.84. The number of methoxy groups -OCH3 is 1. The van der Waals surface area contributed by atoms with Gasteiger partial charge in [-0.1, -0.05) is 30.0 Å². The van der Waals surface area contributed by atoms with E-state index in [9.17, 15) is 9.18 Å². The molecule has 0 aliphatic heterocycles. The van der Waals surface area contributed by atoms with Crippen LogP contribution in [0.25, 0.3) is 11.4 Å². The molecule has 2 atom stereocenters. The van der Waals surface area contributed by atoms with Crippen molar-refractivity contribution in [3.05, 3.63) is 72.6 Å². The fourth-order valence-electron chi connectivity index (χ4n) is 3.00. The van der Waals surface area contributed by atoms with Gasteiger partial charge in [0.2, 0.25) is 5.91 Å². The first kappa shape index (κ1) is 22.6. The highest BCUT2D eigenvalue weighted by Crippen LogP contribution is 2.28. The van der Waals surface area contributed by atoms with Gasteiger partial charge in [-0.3, -0.25) is 9.36 Å². The van der Waals surface area contributed by atoms with E-state index >= 15 is 0 Å². The van der Waals surface area contributed by atoms with E-state index in [4.69, 9.17) is 4.74 Å². The normalized spacial score (nSPS) is 12.8. The van der Waals surface area contributed by atoms with Crippen LogP contribution in [0.1, 0.15) is 25.5 Å². The van der Waals surface area contributed by atoms with E-state index in [1.165, 1.54) is 23.9 Å². The minimum atomic E-state index is -0.403. The number of allylic oxidation sites excluding steroid dienone is 1. The van der Waals surface area contributed by atoms with Crippen LogP contribution in [0.15, 0.2) is 66.3 Å². The standard InChI is InChI=1S/C23H25FN4O2S/c1-5-14-28-21(18-8-12-20(30-4)13-9-18)26-27-23(28)31-16(3)22(29)25-15(2)17-6-10-19(24)11-7-17/h5-13,15-16H,1,14H2,2-4H3,(H,25,29). The maximum Gasteiger partial charge on any atom is 0.233 e. The van der Waals surface area contributed by atoms with Gasteiger partial charge in [0.1, 0.15) is 11.6 Å². The van der Waals surface area contributed by atoms with Crippen molar-refractivity contribution in [2.75, 3.05) is 7.11 Å². The first-order valence-corrected chi connectivity index (χ1v) is 10.7. The number of halogens is 1. The molecule has 0 aliphatic carbocycles. The van der Waals surface area contributed by atoms with Crippen molar-refractivity contribution in [3.8, 4) is 17.1 Å². The van der Waals surface area contributed by atoms with Gasteiger partial charge in [0.25, 0.3) is 0 Å². The van der Waals surface area contributed by atoms with E-state index in [2.05, 4.69) is 22.1 Å². The SMILES string of the molecule is C=CCn1c(SC(C)C(=O)NC(C)c2ccc(F)cc2)nnc1-c1ccc(OC)cc1. The summed E-state index contributed by atoms with van der Waals surface area (Å²) >= 11 is 1.33. The third-order valence-corrected chi connectivity index (χ3v) is 5.84. The Morgan fingerprint density at radius 1 is 1.19 bits per heavy atom. The van der Waals surface area contributed by atoms with E-state index in [1.807, 2.05) is 42.7 Å². The van der Waals surface area contributed by atoms with Gasteiger partial charge in [-0.2, -0.15) is 0 Å². The second kappa shape index (κ2) is 10.3. The first-order chi connectivity index (χ1) is 14.9. The van der Waals surface area contributed by atoms with Gasteiger partial charge < -0.3 is 10.1 Å². The maximum absolute atomic E-state index is 13.1. The molecule has 1 amide bonds. The predicted molar refractivity (Wildman–Crippen MR) is 120 cm³/mol. The molecule has 31 heavy (non-hydrogen) atoms. The Hall–Kier alpha value is -3.13. The number of carbonyl (C=O) groups excluding carboxylic acids is 1. The zero-order valence-electron chi connectivity index (χ0n) is 17.7. The van der Waals surface area contributed by atoms with Crippen LogP contribution in [0.3, 0.4) is 0 Å². The number of ether oxygens (including phenoxy) is 1. The molecular weight excluding hydrogens is 415 g/mol. The molecule has 0 saturated heterocycles. The Labute approximate surface area is 185 Å². The molecule has 1 aromatic heterocycles. The Kier molecular flexibility index (Phi) is 7.46. The van der Waals surface area contributed by atoms with Gasteiger partial charge >= 0.3 is 0 Å². The third kappa shape index (κ3) is 5.52. The summed E-state index contributed by atoms with van der Waals surface area (Å²) in [4.78, 5) is 12.7. The summed E-state index contributed by atoms with van der Waals surface area (Å²) in [6, 6.07) is 13.4. The van der Waals surface area contributed by atoms with Crippen molar-refractivity contribution >= 4 is 17.7 Å². The van der Waals surface area contributed by atoms with Crippen molar-refractivity contribution < 1.29 is 13.9 Å². The minimum absolute atomic E-state index is 0.138. The van der Waals surface area contributed by atoms with E-state index < -0.39 is 5.25 Å². The topological polar surface area (TPSA) is 69.0 Å². The lowest BCUT2D eigenvalue weighted by Crippen LogP contribution is -2.33. The highest BCUT2D eigenvalue weighted by molar-refractivity contribution is 8.00. The van der Waals surface area contributed by atoms with Crippen LogP contribution in [0.2, 0.25) is 0 Å². The maximum atomic E-state index is 13.1. The second-order valence-electron chi connectivity index (χ2n) is 6.98. The monoisotopic (exact) mass is 440 g/mol. The number of hydrogen-bond acceptors (Lipinski definition) is 5. The third-order valence-electron chi connectivity index (χ3n) is 4.76. The molecule has 2 aromatic carbocycles. The molecule has 8 heteroatoms. The average molecular weight is 441 g/mol. The van der Waals surface area contributed by atoms with Crippen molar-refractivity contribution in [3.63, 3.8) is 0 Å². The van der Waals surface area contributed by atoms with Gasteiger partial charge in [0.05, 0.1) is 18.4 Å². The largest absolute Gasteiger partial charge is 0.497 e. The molecule has 3 rings (SSSR count). The smallest absolute Gasteiger partial charge is 0.233 e. The van der Waals surface area contributed by atoms with Crippen LogP contribution in [-0.4, -0.2) is 33.0 Å². The lowest BCUT2D eigenvalue weighted by atomic mass is 10.1. The van der Waals surface area contributed by atoms with Gasteiger partial charge in [-0.15, -0.1) is 16.8 Å². The van der Waals surface area contributed by atoms with E-state index in [0.29, 0.717) is 17.5 Å². The zero-order valence-corrected chi connectivity index (χ0v) is 18.5. The molecule has 0 radical (unpaired) electrons. The summed E-state index contributed by atoms with van der Waals surface area (Å²) in [5.41, 5.74) is 1.73. The summed E-state index contributed by atoms with van der Waals surface area (Å²) in [5.74, 6) is 1.01. The van der Waals surface area contributed by atoms with Gasteiger partial charge in [-0.25, -0.2) is 4.39 Å².